The molecule has 5 nitrogen and oxygen atoms in total. The van der Waals surface area contributed by atoms with Crippen molar-refractivity contribution >= 4 is 11.8 Å². The molecule has 25 heavy (non-hydrogen) atoms. The van der Waals surface area contributed by atoms with E-state index in [2.05, 4.69) is 0 Å². The average molecular weight is 334 g/mol. The second-order valence-electron chi connectivity index (χ2n) is 5.81. The third-order valence-corrected chi connectivity index (χ3v) is 4.29. The first-order valence-corrected chi connectivity index (χ1v) is 7.85. The van der Waals surface area contributed by atoms with Gasteiger partial charge in [0.15, 0.2) is 5.78 Å². The quantitative estimate of drug-likeness (QED) is 0.449. The molecule has 4 rings (SSSR count). The molecule has 0 fully saturated rings. The summed E-state index contributed by atoms with van der Waals surface area (Å²) in [4.78, 5) is 24.6. The summed E-state index contributed by atoms with van der Waals surface area (Å²) in [6, 6.07) is 15.2. The van der Waals surface area contributed by atoms with Crippen LogP contribution in [0.25, 0.3) is 0 Å². The van der Waals surface area contributed by atoms with Gasteiger partial charge in [-0.15, -0.1) is 0 Å². The normalized spacial score (nSPS) is 16.2. The molecular formula is C20H14O5. The molecule has 124 valence electrons. The number of hydrogen-bond donors (Lipinski definition) is 1. The van der Waals surface area contributed by atoms with Gasteiger partial charge in [0.05, 0.1) is 24.2 Å². The first-order chi connectivity index (χ1) is 12.1. The van der Waals surface area contributed by atoms with Gasteiger partial charge in [-0.3, -0.25) is 9.59 Å². The van der Waals surface area contributed by atoms with Crippen molar-refractivity contribution in [3.8, 4) is 11.5 Å². The fraction of sp³-hybridized carbons (Fsp3) is 0.100. The Morgan fingerprint density at radius 2 is 1.84 bits per heavy atom. The molecule has 2 heterocycles. The summed E-state index contributed by atoms with van der Waals surface area (Å²) in [6.45, 7) is 0. The Hall–Kier alpha value is -3.34. The van der Waals surface area contributed by atoms with E-state index in [-0.39, 0.29) is 29.3 Å². The zero-order valence-corrected chi connectivity index (χ0v) is 13.1. The van der Waals surface area contributed by atoms with Crippen LogP contribution in [0.15, 0.2) is 65.3 Å². The number of esters is 1. The second-order valence-corrected chi connectivity index (χ2v) is 5.81. The Labute approximate surface area is 143 Å². The van der Waals surface area contributed by atoms with Gasteiger partial charge >= 0.3 is 5.97 Å². The molecule has 3 aromatic rings. The van der Waals surface area contributed by atoms with Crippen molar-refractivity contribution < 1.29 is 23.8 Å². The van der Waals surface area contributed by atoms with E-state index in [1.807, 2.05) is 6.07 Å². The molecule has 0 spiro atoms. The second kappa shape index (κ2) is 5.94. The summed E-state index contributed by atoms with van der Waals surface area (Å²) >= 11 is 0. The molecule has 1 aliphatic rings. The van der Waals surface area contributed by atoms with Crippen LogP contribution in [0.5, 0.6) is 11.5 Å². The van der Waals surface area contributed by atoms with Crippen LogP contribution in [0.2, 0.25) is 0 Å². The standard InChI is InChI=1S/C20H14O5/c21-17-11-14(15-7-4-10-24-15)18-16(25-17)9-8-13(20(18)23)19(22)12-5-2-1-3-6-12/h1-10,14,23H,11H2/t14-/m0/s1. The maximum Gasteiger partial charge on any atom is 0.312 e. The molecule has 0 saturated carbocycles. The molecule has 1 aromatic heterocycles. The van der Waals surface area contributed by atoms with E-state index < -0.39 is 11.9 Å². The Bertz CT molecular complexity index is 942. The van der Waals surface area contributed by atoms with Gasteiger partial charge in [-0.1, -0.05) is 30.3 Å². The first kappa shape index (κ1) is 15.2. The molecule has 0 saturated heterocycles. The van der Waals surface area contributed by atoms with Crippen LogP contribution in [-0.4, -0.2) is 16.9 Å². The number of carbonyl (C=O) groups excluding carboxylic acids is 2. The van der Waals surface area contributed by atoms with E-state index in [1.165, 1.54) is 18.4 Å². The molecule has 0 radical (unpaired) electrons. The lowest BCUT2D eigenvalue weighted by Gasteiger charge is -2.24. The van der Waals surface area contributed by atoms with Gasteiger partial charge in [-0.25, -0.2) is 0 Å². The maximum absolute atomic E-state index is 12.7. The van der Waals surface area contributed by atoms with E-state index in [4.69, 9.17) is 9.15 Å². The van der Waals surface area contributed by atoms with Gasteiger partial charge in [-0.05, 0) is 24.3 Å². The molecule has 0 bridgehead atoms. The van der Waals surface area contributed by atoms with Gasteiger partial charge in [0.25, 0.3) is 0 Å². The van der Waals surface area contributed by atoms with Gasteiger partial charge in [-0.2, -0.15) is 0 Å². The van der Waals surface area contributed by atoms with E-state index in [0.29, 0.717) is 16.9 Å². The van der Waals surface area contributed by atoms with Gasteiger partial charge < -0.3 is 14.3 Å². The van der Waals surface area contributed by atoms with Crippen LogP contribution in [0.1, 0.15) is 39.6 Å². The molecule has 0 unspecified atom stereocenters. The highest BCUT2D eigenvalue weighted by molar-refractivity contribution is 6.11. The molecule has 1 N–H and O–H groups in total. The Morgan fingerprint density at radius 1 is 1.04 bits per heavy atom. The Morgan fingerprint density at radius 3 is 2.56 bits per heavy atom. The van der Waals surface area contributed by atoms with Gasteiger partial charge in [0.2, 0.25) is 0 Å². The van der Waals surface area contributed by atoms with E-state index >= 15 is 0 Å². The summed E-state index contributed by atoms with van der Waals surface area (Å²) in [5, 5.41) is 10.8. The monoisotopic (exact) mass is 334 g/mol. The first-order valence-electron chi connectivity index (χ1n) is 7.85. The number of phenols is 1. The molecular weight excluding hydrogens is 320 g/mol. The number of phenolic OH excluding ortho intramolecular Hbond substituents is 1. The van der Waals surface area contributed by atoms with Crippen LogP contribution in [-0.2, 0) is 4.79 Å². The van der Waals surface area contributed by atoms with Gasteiger partial charge in [0, 0.05) is 11.1 Å². The number of ketones is 1. The SMILES string of the molecule is O=C1C[C@@H](c2ccco2)c2c(ccc(C(=O)c3ccccc3)c2O)O1. The number of furan rings is 1. The van der Waals surface area contributed by atoms with Crippen LogP contribution in [0, 0.1) is 0 Å². The van der Waals surface area contributed by atoms with Crippen LogP contribution in [0.4, 0.5) is 0 Å². The van der Waals surface area contributed by atoms with Crippen molar-refractivity contribution in [1.82, 2.24) is 0 Å². The minimum Gasteiger partial charge on any atom is -0.507 e. The van der Waals surface area contributed by atoms with Crippen LogP contribution >= 0.6 is 0 Å². The zero-order chi connectivity index (χ0) is 17.4. The molecule has 1 aliphatic heterocycles. The third kappa shape index (κ3) is 2.59. The van der Waals surface area contributed by atoms with Crippen molar-refractivity contribution in [3.05, 3.63) is 83.3 Å². The van der Waals surface area contributed by atoms with Crippen molar-refractivity contribution in [3.63, 3.8) is 0 Å². The molecule has 5 heteroatoms. The summed E-state index contributed by atoms with van der Waals surface area (Å²) < 4.78 is 10.6. The Kier molecular flexibility index (Phi) is 3.61. The minimum absolute atomic E-state index is 0.0387. The van der Waals surface area contributed by atoms with E-state index in [9.17, 15) is 14.7 Å². The zero-order valence-electron chi connectivity index (χ0n) is 13.1. The van der Waals surface area contributed by atoms with Crippen molar-refractivity contribution in [2.24, 2.45) is 0 Å². The molecule has 0 aliphatic carbocycles. The van der Waals surface area contributed by atoms with Crippen LogP contribution in [0.3, 0.4) is 0 Å². The highest BCUT2D eigenvalue weighted by Gasteiger charge is 2.34. The van der Waals surface area contributed by atoms with Crippen molar-refractivity contribution in [2.75, 3.05) is 0 Å². The van der Waals surface area contributed by atoms with E-state index in [0.717, 1.165) is 0 Å². The number of carbonyl (C=O) groups is 2. The average Bonchev–Trinajstić information content (AvgIpc) is 3.16. The number of ether oxygens (including phenoxy) is 1. The summed E-state index contributed by atoms with van der Waals surface area (Å²) in [5.41, 5.74) is 1.04. The number of rotatable bonds is 3. The Balaban J connectivity index is 1.85. The lowest BCUT2D eigenvalue weighted by Crippen LogP contribution is -2.21. The number of fused-ring (bicyclic) bond motifs is 1. The van der Waals surface area contributed by atoms with Gasteiger partial charge in [0.1, 0.15) is 17.3 Å². The molecule has 1 atom stereocenters. The minimum atomic E-state index is -0.491. The predicted molar refractivity (Wildman–Crippen MR) is 88.8 cm³/mol. The van der Waals surface area contributed by atoms with Crippen LogP contribution < -0.4 is 4.74 Å². The maximum atomic E-state index is 12.7. The lowest BCUT2D eigenvalue weighted by molar-refractivity contribution is -0.135. The van der Waals surface area contributed by atoms with Crippen molar-refractivity contribution in [2.45, 2.75) is 12.3 Å². The number of hydrogen-bond acceptors (Lipinski definition) is 5. The topological polar surface area (TPSA) is 76.7 Å². The lowest BCUT2D eigenvalue weighted by atomic mass is 9.87. The number of aromatic hydroxyl groups is 1. The predicted octanol–water partition coefficient (Wildman–Crippen LogP) is 3.66. The fourth-order valence-electron chi connectivity index (χ4n) is 3.11. The molecule has 0 amide bonds. The summed E-state index contributed by atoms with van der Waals surface area (Å²) in [7, 11) is 0. The molecule has 2 aromatic carbocycles. The highest BCUT2D eigenvalue weighted by Crippen LogP contribution is 2.45. The summed E-state index contributed by atoms with van der Waals surface area (Å²) in [6.07, 6.45) is 1.54. The number of benzene rings is 2. The highest BCUT2D eigenvalue weighted by atomic mass is 16.5. The van der Waals surface area contributed by atoms with E-state index in [1.54, 1.807) is 36.4 Å². The largest absolute Gasteiger partial charge is 0.507 e. The third-order valence-electron chi connectivity index (χ3n) is 4.29. The van der Waals surface area contributed by atoms with Crippen molar-refractivity contribution in [1.29, 1.82) is 0 Å². The summed E-state index contributed by atoms with van der Waals surface area (Å²) in [5.74, 6) is -0.585. The smallest absolute Gasteiger partial charge is 0.312 e. The fourth-order valence-corrected chi connectivity index (χ4v) is 3.11.